The lowest BCUT2D eigenvalue weighted by Crippen LogP contribution is -2.61. The molecule has 8 rings (SSSR count). The lowest BCUT2D eigenvalue weighted by molar-refractivity contribution is -0.327. The monoisotopic (exact) mass is 1570 g/mol. The molecule has 6 saturated heterocycles. The molecule has 0 unspecified atom stereocenters. The molecular formula is C76H116O34. The largest absolute Gasteiger partial charge is 0.462 e. The molecule has 0 aromatic carbocycles. The van der Waals surface area contributed by atoms with Gasteiger partial charge in [-0.3, -0.25) is 0 Å². The van der Waals surface area contributed by atoms with E-state index in [2.05, 4.69) is 0 Å². The third kappa shape index (κ3) is 22.3. The summed E-state index contributed by atoms with van der Waals surface area (Å²) in [4.78, 5) is 0. The zero-order valence-corrected chi connectivity index (χ0v) is 63.2. The van der Waals surface area contributed by atoms with Gasteiger partial charge in [-0.1, -0.05) is 98.6 Å². The van der Waals surface area contributed by atoms with Gasteiger partial charge < -0.3 is 169 Å². The molecule has 34 nitrogen and oxygen atoms in total. The average molecular weight is 1570 g/mol. The third-order valence-electron chi connectivity index (χ3n) is 21.0. The van der Waals surface area contributed by atoms with Gasteiger partial charge in [0.15, 0.2) is 25.2 Å². The fourth-order valence-electron chi connectivity index (χ4n) is 14.6. The molecule has 6 aliphatic heterocycles. The minimum Gasteiger partial charge on any atom is -0.462 e. The van der Waals surface area contributed by atoms with Gasteiger partial charge in [0.2, 0.25) is 12.6 Å². The molecule has 0 aromatic heterocycles. The van der Waals surface area contributed by atoms with Gasteiger partial charge in [0.25, 0.3) is 0 Å². The van der Waals surface area contributed by atoms with Crippen molar-refractivity contribution in [1.29, 1.82) is 0 Å². The molecular weight excluding hydrogens is 1460 g/mol. The van der Waals surface area contributed by atoms with Crippen molar-refractivity contribution in [3.8, 4) is 0 Å². The highest BCUT2D eigenvalue weighted by atomic mass is 16.8. The van der Waals surface area contributed by atoms with Gasteiger partial charge in [-0.15, -0.1) is 0 Å². The number of allylic oxidation sites excluding steroid dienone is 18. The Morgan fingerprint density at radius 3 is 0.891 bits per heavy atom. The summed E-state index contributed by atoms with van der Waals surface area (Å²) in [5.41, 5.74) is 4.36. The van der Waals surface area contributed by atoms with E-state index in [1.165, 1.54) is 0 Å². The highest BCUT2D eigenvalue weighted by molar-refractivity contribution is 5.42. The van der Waals surface area contributed by atoms with Crippen LogP contribution in [0.15, 0.2) is 129 Å². The predicted molar refractivity (Wildman–Crippen MR) is 382 cm³/mol. The van der Waals surface area contributed by atoms with Crippen molar-refractivity contribution in [2.75, 3.05) is 39.6 Å². The zero-order valence-electron chi connectivity index (χ0n) is 63.2. The van der Waals surface area contributed by atoms with E-state index in [1.54, 1.807) is 62.5 Å². The fraction of sp³-hybridized carbons (Fsp3) is 0.711. The zero-order chi connectivity index (χ0) is 81.3. The predicted octanol–water partition coefficient (Wildman–Crippen LogP) is -3.87. The van der Waals surface area contributed by atoms with Crippen LogP contribution in [0.3, 0.4) is 0 Å². The van der Waals surface area contributed by atoms with Gasteiger partial charge >= 0.3 is 0 Å². The van der Waals surface area contributed by atoms with Crippen LogP contribution < -0.4 is 0 Å². The number of aliphatic hydroxyl groups is 22. The van der Waals surface area contributed by atoms with Crippen molar-refractivity contribution in [3.63, 3.8) is 0 Å². The van der Waals surface area contributed by atoms with Gasteiger partial charge in [-0.2, -0.15) is 0 Å². The number of aliphatic hydroxyl groups excluding tert-OH is 22. The Labute approximate surface area is 637 Å². The minimum atomic E-state index is -1.88. The molecule has 110 heavy (non-hydrogen) atoms. The van der Waals surface area contributed by atoms with E-state index in [0.29, 0.717) is 24.0 Å². The SMILES string of the molecule is CC1=C(/C=C(/C=C(C)\C=C\C(C)=C\C=C/C=C(C)/C=C/C(C)=C\C(=C/C2=C(C)C[C@@H](O[C@H]3O[C@@H](CO)[C@H](O)[C@@H](O)[C@@H]3O)CC2(C)C)O[C@H]2O[C@@H](CO[C@H]3O[C@@H](CO)[C@H](O)[C@@H](O)[C@@H]3O)[C@H](O)[C@@H](O)[C@@H]2O)O[C@H]2O[C@@H](CO[C@H]3O[C@@H](CO)[C@@H](O)[C@H](O)[C@H]3O)[C@@H](O)[C@H](O)[C@H]2O)C(C)(C)C[C@H](O[C@H]2O[C@@H](CO)[C@@H](O)[C@H](O)[C@H]2O)C1. The standard InChI is InChI=1S/C76H116O34/c1-33(15-17-35(3)19-39(23-43-37(5)21-41(25-75(43,7)8)103-73-65(95)59(89)53(83)47(29-79)107-73)101-71-67(97)61(91)55(85)49(109-71)31-99-69-63(93)57(87)51(81)45(27-77)105-69)13-11-12-14-34(2)16-18-36(4)20-40(24-44-38(6)22-42(26-76(44,9)10)104-74-66(96)60(90)54(84)48(30-80)108-74)102-72-68(98)62(92)56(86)50(110-72)32-100-70-64(94)58(88)52(82)46(28-78)106-70/h11-20,23-24,41-42,45-74,77-98H,21-22,25-32H2,1-10H3/b12-11-,17-15+,18-16+,33-13+,34-14+,35-19-,36-20-,39-23-,40-24+/t41-,42-,45+,46+,47+,48+,49+,50+,51-,52+,53-,54+,55-,56+,57+,58-,59+,60-,61+,62-,63-,64+,65-,66+,67-,68+,69+,70+,71+,72+,73+,74+/m1/s1. The summed E-state index contributed by atoms with van der Waals surface area (Å²) in [6, 6.07) is 0. The Kier molecular flexibility index (Phi) is 33.0. The second-order valence-electron chi connectivity index (χ2n) is 31.0. The molecule has 8 aliphatic rings. The van der Waals surface area contributed by atoms with E-state index in [4.69, 9.17) is 56.8 Å². The van der Waals surface area contributed by atoms with Crippen molar-refractivity contribution in [2.24, 2.45) is 10.8 Å². The number of hydrogen-bond donors (Lipinski definition) is 22. The molecule has 0 aromatic rings. The van der Waals surface area contributed by atoms with Crippen LogP contribution in [0.25, 0.3) is 0 Å². The second-order valence-corrected chi connectivity index (χ2v) is 31.0. The van der Waals surface area contributed by atoms with E-state index in [9.17, 15) is 112 Å². The molecule has 22 N–H and O–H groups in total. The van der Waals surface area contributed by atoms with Crippen LogP contribution in [0.5, 0.6) is 0 Å². The molecule has 624 valence electrons. The Morgan fingerprint density at radius 1 is 0.345 bits per heavy atom. The molecule has 32 atom stereocenters. The van der Waals surface area contributed by atoms with Crippen molar-refractivity contribution in [1.82, 2.24) is 0 Å². The van der Waals surface area contributed by atoms with E-state index in [1.807, 2.05) is 79.7 Å². The van der Waals surface area contributed by atoms with E-state index in [0.717, 1.165) is 33.4 Å². The fourth-order valence-corrected chi connectivity index (χ4v) is 14.6. The minimum absolute atomic E-state index is 0.107. The van der Waals surface area contributed by atoms with Gasteiger partial charge in [0.05, 0.1) is 51.8 Å². The van der Waals surface area contributed by atoms with Crippen LogP contribution >= 0.6 is 0 Å². The number of rotatable bonds is 28. The maximum Gasteiger partial charge on any atom is 0.229 e. The third-order valence-corrected chi connectivity index (χ3v) is 21.0. The quantitative estimate of drug-likeness (QED) is 0.0263. The van der Waals surface area contributed by atoms with Crippen LogP contribution in [0.4, 0.5) is 0 Å². The Hall–Kier alpha value is -4.54. The summed E-state index contributed by atoms with van der Waals surface area (Å²) in [5.74, 6) is 0.214. The van der Waals surface area contributed by atoms with Gasteiger partial charge in [0, 0.05) is 0 Å². The highest BCUT2D eigenvalue weighted by Gasteiger charge is 2.53. The van der Waals surface area contributed by atoms with E-state index in [-0.39, 0.29) is 24.4 Å². The second kappa shape index (κ2) is 39.9. The Morgan fingerprint density at radius 2 is 0.600 bits per heavy atom. The molecule has 0 saturated carbocycles. The summed E-state index contributed by atoms with van der Waals surface area (Å²) in [6.45, 7) is 14.6. The normalized spacial score (nSPS) is 42.5. The summed E-state index contributed by atoms with van der Waals surface area (Å²) in [6.07, 6.45) is -27.5. The summed E-state index contributed by atoms with van der Waals surface area (Å²) >= 11 is 0. The first-order valence-corrected chi connectivity index (χ1v) is 36.8. The molecule has 0 bridgehead atoms. The van der Waals surface area contributed by atoms with Crippen LogP contribution in [0.1, 0.15) is 94.9 Å². The van der Waals surface area contributed by atoms with Crippen LogP contribution in [-0.4, -0.2) is 348 Å². The Balaban J connectivity index is 1.01. The smallest absolute Gasteiger partial charge is 0.229 e. The van der Waals surface area contributed by atoms with Crippen LogP contribution in [-0.2, 0) is 56.8 Å². The van der Waals surface area contributed by atoms with E-state index < -0.39 is 247 Å². The van der Waals surface area contributed by atoms with Gasteiger partial charge in [0.1, 0.15) is 158 Å². The van der Waals surface area contributed by atoms with Crippen LogP contribution in [0, 0.1) is 10.8 Å². The van der Waals surface area contributed by atoms with E-state index >= 15 is 0 Å². The lowest BCUT2D eigenvalue weighted by Gasteiger charge is -2.44. The molecule has 6 fully saturated rings. The van der Waals surface area contributed by atoms with Crippen molar-refractivity contribution < 1.29 is 169 Å². The molecule has 2 aliphatic carbocycles. The Bertz CT molecular complexity index is 3140. The first kappa shape index (κ1) is 91.0. The lowest BCUT2D eigenvalue weighted by atomic mass is 9.71. The summed E-state index contributed by atoms with van der Waals surface area (Å²) in [7, 11) is 0. The molecule has 0 spiro atoms. The van der Waals surface area contributed by atoms with Gasteiger partial charge in [-0.25, -0.2) is 0 Å². The topological polar surface area (TPSA) is 556 Å². The van der Waals surface area contributed by atoms with Crippen molar-refractivity contribution in [3.05, 3.63) is 129 Å². The maximum atomic E-state index is 11.4. The first-order chi connectivity index (χ1) is 51.7. The maximum absolute atomic E-state index is 11.4. The first-order valence-electron chi connectivity index (χ1n) is 36.8. The highest BCUT2D eigenvalue weighted by Crippen LogP contribution is 2.46. The van der Waals surface area contributed by atoms with Gasteiger partial charge in [-0.05, 0) is 125 Å². The van der Waals surface area contributed by atoms with Crippen LogP contribution in [0.2, 0.25) is 0 Å². The van der Waals surface area contributed by atoms with Crippen molar-refractivity contribution in [2.45, 2.75) is 291 Å². The molecule has 34 heteroatoms. The number of ether oxygens (including phenoxy) is 12. The average Bonchev–Trinajstić information content (AvgIpc) is 0.787. The summed E-state index contributed by atoms with van der Waals surface area (Å²) < 4.78 is 70.8. The number of hydrogen-bond acceptors (Lipinski definition) is 34. The van der Waals surface area contributed by atoms with Crippen molar-refractivity contribution >= 4 is 0 Å². The molecule has 6 heterocycles. The molecule has 0 amide bonds. The molecule has 0 radical (unpaired) electrons. The summed E-state index contributed by atoms with van der Waals surface area (Å²) in [5, 5.41) is 232.